The molecule has 9 heteroatoms. The van der Waals surface area contributed by atoms with E-state index >= 15 is 13.2 Å². The van der Waals surface area contributed by atoms with Crippen LogP contribution in [-0.2, 0) is 24.0 Å². The summed E-state index contributed by atoms with van der Waals surface area (Å²) in [5.74, 6) is -7.76. The molecule has 3 aromatic carbocycles. The van der Waals surface area contributed by atoms with Gasteiger partial charge in [-0.2, -0.15) is 0 Å². The first-order valence-corrected chi connectivity index (χ1v) is 16.1. The van der Waals surface area contributed by atoms with Crippen molar-refractivity contribution in [3.8, 4) is 11.5 Å². The smallest absolute Gasteiger partial charge is 0.341 e. The molecule has 0 amide bonds. The summed E-state index contributed by atoms with van der Waals surface area (Å²) in [6.45, 7) is 9.01. The Morgan fingerprint density at radius 1 is 0.891 bits per heavy atom. The molecule has 0 saturated heterocycles. The second-order valence-corrected chi connectivity index (χ2v) is 13.6. The monoisotopic (exact) mass is 631 g/mol. The molecule has 0 saturated carbocycles. The molecule has 5 aliphatic heterocycles. The first-order valence-electron chi connectivity index (χ1n) is 16.1. The Morgan fingerprint density at radius 3 is 2.41 bits per heavy atom. The molecule has 238 valence electrons. The number of esters is 1. The molecule has 0 aliphatic carbocycles. The summed E-state index contributed by atoms with van der Waals surface area (Å²) in [6.07, 6.45) is 8.04. The van der Waals surface area contributed by atoms with Gasteiger partial charge in [-0.05, 0) is 74.8 Å². The summed E-state index contributed by atoms with van der Waals surface area (Å²) in [5, 5.41) is 1.45. The van der Waals surface area contributed by atoms with E-state index in [4.69, 9.17) is 9.47 Å². The summed E-state index contributed by atoms with van der Waals surface area (Å²) in [6, 6.07) is 3.81. The number of benzene rings is 3. The second kappa shape index (κ2) is 10.2. The zero-order valence-electron chi connectivity index (χ0n) is 26.4. The van der Waals surface area contributed by atoms with Crippen LogP contribution in [0.5, 0.6) is 11.5 Å². The number of methoxy groups -OCH3 is 1. The van der Waals surface area contributed by atoms with Crippen molar-refractivity contribution in [1.82, 2.24) is 4.58 Å². The van der Waals surface area contributed by atoms with Gasteiger partial charge in [-0.15, -0.1) is 0 Å². The predicted octanol–water partition coefficient (Wildman–Crippen LogP) is 6.10. The van der Waals surface area contributed by atoms with Crippen molar-refractivity contribution in [3.63, 3.8) is 0 Å². The Balaban J connectivity index is 1.61. The van der Waals surface area contributed by atoms with Crippen LogP contribution in [0.25, 0.3) is 11.1 Å². The van der Waals surface area contributed by atoms with E-state index in [1.54, 1.807) is 0 Å². The lowest BCUT2D eigenvalue weighted by atomic mass is 9.81. The Morgan fingerprint density at radius 2 is 1.63 bits per heavy atom. The molecule has 0 aromatic heterocycles. The molecule has 3 aromatic rings. The molecule has 5 heterocycles. The number of hydrogen-bond donors (Lipinski definition) is 0. The minimum Gasteiger partial charge on any atom is -0.465 e. The maximum Gasteiger partial charge on any atom is 0.341 e. The van der Waals surface area contributed by atoms with Crippen LogP contribution in [0.4, 0.5) is 23.2 Å². The number of anilines is 1. The molecule has 0 unspecified atom stereocenters. The van der Waals surface area contributed by atoms with Crippen LogP contribution in [-0.4, -0.2) is 38.3 Å². The minimum atomic E-state index is -2.06. The van der Waals surface area contributed by atoms with Crippen LogP contribution in [0, 0.1) is 23.3 Å². The Kier molecular flexibility index (Phi) is 6.48. The van der Waals surface area contributed by atoms with Crippen LogP contribution in [0.1, 0.15) is 90.2 Å². The fourth-order valence-corrected chi connectivity index (χ4v) is 8.61. The number of fused-ring (bicyclic) bond motifs is 4. The first kappa shape index (κ1) is 29.3. The summed E-state index contributed by atoms with van der Waals surface area (Å²) in [4.78, 5) is 15.5. The molecular weight excluding hydrogens is 596 g/mol. The van der Waals surface area contributed by atoms with Crippen molar-refractivity contribution >= 4 is 22.8 Å². The number of nitrogens with zero attached hydrogens (tertiary/aromatic N) is 2. The summed E-state index contributed by atoms with van der Waals surface area (Å²) < 4.78 is 76.2. The summed E-state index contributed by atoms with van der Waals surface area (Å²) in [5.41, 5.74) is 4.63. The van der Waals surface area contributed by atoms with Crippen molar-refractivity contribution in [2.75, 3.05) is 31.6 Å². The number of allylic oxidation sites excluding steroid dienone is 1. The summed E-state index contributed by atoms with van der Waals surface area (Å²) >= 11 is 0. The third-order valence-electron chi connectivity index (χ3n) is 10.5. The highest BCUT2D eigenvalue weighted by molar-refractivity contribution is 6.00. The average molecular weight is 632 g/mol. The van der Waals surface area contributed by atoms with Gasteiger partial charge < -0.3 is 14.4 Å². The number of carbonyl (C=O) groups excluding carboxylic acids is 1. The normalized spacial score (nSPS) is 18.9. The molecule has 5 nitrogen and oxygen atoms in total. The van der Waals surface area contributed by atoms with E-state index < -0.39 is 40.4 Å². The van der Waals surface area contributed by atoms with Gasteiger partial charge in [0, 0.05) is 72.1 Å². The van der Waals surface area contributed by atoms with Crippen molar-refractivity contribution in [2.24, 2.45) is 0 Å². The Bertz CT molecular complexity index is 2080. The SMILES string of the molecule is COC(=O)c1c(F)c(F)c(F)c(F)c1C1=c2cc3c4c(c2Oc2c1cc1c5c2CCCN5CCCC1)CCC[N+]=4C(C)(C)C=C3C. The molecule has 8 rings (SSSR count). The zero-order chi connectivity index (χ0) is 32.2. The molecule has 0 atom stereocenters. The lowest BCUT2D eigenvalue weighted by Crippen LogP contribution is -2.53. The van der Waals surface area contributed by atoms with Crippen molar-refractivity contribution in [2.45, 2.75) is 71.3 Å². The van der Waals surface area contributed by atoms with Crippen LogP contribution < -0.4 is 24.8 Å². The molecular formula is C37H35F4N2O3+. The van der Waals surface area contributed by atoms with E-state index in [-0.39, 0.29) is 11.1 Å². The van der Waals surface area contributed by atoms with Gasteiger partial charge in [0.25, 0.3) is 0 Å². The van der Waals surface area contributed by atoms with Gasteiger partial charge in [-0.1, -0.05) is 0 Å². The zero-order valence-corrected chi connectivity index (χ0v) is 26.4. The highest BCUT2D eigenvalue weighted by Crippen LogP contribution is 2.49. The molecule has 0 fully saturated rings. The van der Waals surface area contributed by atoms with Crippen LogP contribution in [0.2, 0.25) is 0 Å². The topological polar surface area (TPSA) is 41.8 Å². The fourth-order valence-electron chi connectivity index (χ4n) is 8.61. The van der Waals surface area contributed by atoms with Crippen molar-refractivity contribution in [3.05, 3.63) is 91.0 Å². The third kappa shape index (κ3) is 3.92. The van der Waals surface area contributed by atoms with Crippen LogP contribution >= 0.6 is 0 Å². The van der Waals surface area contributed by atoms with Gasteiger partial charge in [0.15, 0.2) is 28.8 Å². The first-order chi connectivity index (χ1) is 22.0. The average Bonchev–Trinajstić information content (AvgIpc) is 3.26. The van der Waals surface area contributed by atoms with Crippen molar-refractivity contribution < 1.29 is 31.8 Å². The number of hydrogen-bond acceptors (Lipinski definition) is 4. The van der Waals surface area contributed by atoms with Crippen LogP contribution in [0.3, 0.4) is 0 Å². The minimum absolute atomic E-state index is 0.112. The van der Waals surface area contributed by atoms with E-state index in [0.717, 1.165) is 97.7 Å². The molecule has 46 heavy (non-hydrogen) atoms. The van der Waals surface area contributed by atoms with E-state index in [2.05, 4.69) is 29.4 Å². The predicted molar refractivity (Wildman–Crippen MR) is 167 cm³/mol. The molecule has 0 spiro atoms. The maximum atomic E-state index is 16.3. The Labute approximate surface area is 264 Å². The fraction of sp³-hybridized carbons (Fsp3) is 0.405. The van der Waals surface area contributed by atoms with Gasteiger partial charge in [0.2, 0.25) is 5.36 Å². The molecule has 0 bridgehead atoms. The van der Waals surface area contributed by atoms with E-state index in [0.29, 0.717) is 35.1 Å². The van der Waals surface area contributed by atoms with Gasteiger partial charge in [0.05, 0.1) is 12.7 Å². The standard InChI is InChI=1S/C37H35F4N2O3/c1-18-17-37(2,3)43-14-8-11-21-33(43)22(18)16-24-25(26-27(36(44)45-4)29(39)31(41)30(40)28(26)38)23-15-19-9-5-6-12-42-13-7-10-20(32(19)42)34(23)46-35(21)24/h15-17H,5-14H2,1-4H3/q+1. The quantitative estimate of drug-likeness (QED) is 0.0882. The highest BCUT2D eigenvalue weighted by Gasteiger charge is 2.42. The van der Waals surface area contributed by atoms with Gasteiger partial charge in [-0.25, -0.2) is 26.9 Å². The third-order valence-corrected chi connectivity index (χ3v) is 10.5. The van der Waals surface area contributed by atoms with E-state index in [9.17, 15) is 9.18 Å². The van der Waals surface area contributed by atoms with Crippen molar-refractivity contribution in [1.29, 1.82) is 0 Å². The summed E-state index contributed by atoms with van der Waals surface area (Å²) in [7, 11) is 1.00. The van der Waals surface area contributed by atoms with Gasteiger partial charge in [0.1, 0.15) is 23.6 Å². The van der Waals surface area contributed by atoms with E-state index in [1.165, 1.54) is 0 Å². The van der Waals surface area contributed by atoms with Gasteiger partial charge >= 0.3 is 5.97 Å². The molecule has 5 aliphatic rings. The number of halogens is 4. The van der Waals surface area contributed by atoms with Gasteiger partial charge in [-0.3, -0.25) is 0 Å². The van der Waals surface area contributed by atoms with Crippen LogP contribution in [0.15, 0.2) is 18.2 Å². The Hall–Kier alpha value is -4.14. The second-order valence-electron chi connectivity index (χ2n) is 13.6. The number of carbonyl (C=O) groups is 1. The molecule has 0 N–H and O–H groups in total. The lowest BCUT2D eigenvalue weighted by Gasteiger charge is -2.36. The highest BCUT2D eigenvalue weighted by atomic mass is 19.2. The number of rotatable bonds is 2. The molecule has 0 radical (unpaired) electrons. The van der Waals surface area contributed by atoms with E-state index in [1.807, 2.05) is 19.1 Å². The maximum absolute atomic E-state index is 16.3. The lowest BCUT2D eigenvalue weighted by molar-refractivity contribution is 0.0592. The number of aryl methyl sites for hydroxylation is 1. The number of ether oxygens (including phenoxy) is 2. The largest absolute Gasteiger partial charge is 0.465 e.